The first-order valence-corrected chi connectivity index (χ1v) is 12.6. The van der Waals surface area contributed by atoms with E-state index >= 15 is 0 Å². The molecule has 0 radical (unpaired) electrons. The summed E-state index contributed by atoms with van der Waals surface area (Å²) in [5.74, 6) is 0.378. The fourth-order valence-corrected chi connectivity index (χ4v) is 6.23. The second-order valence-electron chi connectivity index (χ2n) is 8.82. The largest absolute Gasteiger partial charge is 0.479 e. The Kier molecular flexibility index (Phi) is 5.58. The number of carbonyl (C=O) groups excluding carboxylic acids is 3. The summed E-state index contributed by atoms with van der Waals surface area (Å²) in [7, 11) is 0. The van der Waals surface area contributed by atoms with Crippen molar-refractivity contribution in [2.75, 3.05) is 32.7 Å². The number of ether oxygens (including phenoxy) is 1. The highest BCUT2D eigenvalue weighted by Crippen LogP contribution is 2.44. The zero-order valence-corrected chi connectivity index (χ0v) is 20.2. The van der Waals surface area contributed by atoms with Gasteiger partial charge in [-0.05, 0) is 24.3 Å². The first kappa shape index (κ1) is 22.3. The number of imide groups is 1. The molecular weight excluding hydrogens is 490 g/mol. The minimum absolute atomic E-state index is 0.00138. The number of nitrogens with one attached hydrogen (secondary N) is 2. The van der Waals surface area contributed by atoms with E-state index in [0.717, 1.165) is 44.9 Å². The number of thiophene rings is 1. The van der Waals surface area contributed by atoms with Gasteiger partial charge < -0.3 is 19.9 Å². The van der Waals surface area contributed by atoms with Crippen LogP contribution in [-0.4, -0.2) is 71.5 Å². The highest BCUT2D eigenvalue weighted by Gasteiger charge is 2.35. The summed E-state index contributed by atoms with van der Waals surface area (Å²) in [5, 5.41) is 6.14. The maximum absolute atomic E-state index is 13.1. The number of hydrogen-bond acceptors (Lipinski definition) is 7. The van der Waals surface area contributed by atoms with Crippen LogP contribution in [0.15, 0.2) is 30.5 Å². The Morgan fingerprint density at radius 3 is 2.80 bits per heavy atom. The molecule has 35 heavy (non-hydrogen) atoms. The van der Waals surface area contributed by atoms with E-state index in [-0.39, 0.29) is 24.4 Å². The maximum atomic E-state index is 13.1. The van der Waals surface area contributed by atoms with Gasteiger partial charge in [-0.1, -0.05) is 11.6 Å². The third-order valence-electron chi connectivity index (χ3n) is 6.47. The van der Waals surface area contributed by atoms with Gasteiger partial charge in [-0.25, -0.2) is 4.79 Å². The third-order valence-corrected chi connectivity index (χ3v) is 7.83. The molecule has 5 heterocycles. The van der Waals surface area contributed by atoms with Crippen LogP contribution in [0.2, 0.25) is 5.02 Å². The summed E-state index contributed by atoms with van der Waals surface area (Å²) in [4.78, 5) is 45.4. The normalized spacial score (nSPS) is 19.7. The van der Waals surface area contributed by atoms with Gasteiger partial charge in [-0.3, -0.25) is 19.9 Å². The van der Waals surface area contributed by atoms with Gasteiger partial charge in [0.2, 0.25) is 5.91 Å². The number of amides is 4. The second kappa shape index (κ2) is 8.78. The number of carbonyl (C=O) groups is 3. The fraction of sp³-hybridized carbons (Fsp3) is 0.333. The lowest BCUT2D eigenvalue weighted by Crippen LogP contribution is -2.50. The molecule has 180 valence electrons. The van der Waals surface area contributed by atoms with Crippen LogP contribution in [0.1, 0.15) is 10.4 Å². The van der Waals surface area contributed by atoms with Crippen molar-refractivity contribution in [1.82, 2.24) is 25.4 Å². The van der Waals surface area contributed by atoms with Gasteiger partial charge in [-0.2, -0.15) is 0 Å². The molecule has 2 saturated heterocycles. The molecule has 1 aromatic carbocycles. The number of rotatable bonds is 4. The van der Waals surface area contributed by atoms with Crippen LogP contribution < -0.4 is 15.4 Å². The standard InChI is InChI=1S/C24H22ClN5O4S/c25-14-7-13-8-19(23(32)29-5-3-26-4-6-29)34-21(13)17(9-14)16-1-2-27-18-10-15(35-22(16)18)11-30-12-20(31)28-24(30)33/h1-2,7,9-10,19,26H,3-6,8,11-12H2,(H,28,31,33). The van der Waals surface area contributed by atoms with E-state index in [1.165, 1.54) is 16.2 Å². The Morgan fingerprint density at radius 1 is 1.20 bits per heavy atom. The van der Waals surface area contributed by atoms with Crippen LogP contribution in [0, 0.1) is 0 Å². The van der Waals surface area contributed by atoms with Crippen LogP contribution in [0.5, 0.6) is 5.75 Å². The van der Waals surface area contributed by atoms with Crippen molar-refractivity contribution in [2.45, 2.75) is 19.1 Å². The quantitative estimate of drug-likeness (QED) is 0.521. The molecule has 1 atom stereocenters. The van der Waals surface area contributed by atoms with Crippen LogP contribution in [0.3, 0.4) is 0 Å². The van der Waals surface area contributed by atoms with E-state index in [1.807, 2.05) is 29.2 Å². The molecule has 6 rings (SSSR count). The SMILES string of the molecule is O=C1CN(Cc2cc3nccc(-c4cc(Cl)cc5c4OC(C(=O)N4CCNCC4)C5)c3s2)C(=O)N1. The molecule has 0 bridgehead atoms. The van der Waals surface area contributed by atoms with Crippen LogP contribution in [-0.2, 0) is 22.6 Å². The Bertz CT molecular complexity index is 1370. The Balaban J connectivity index is 1.33. The smallest absolute Gasteiger partial charge is 0.324 e. The topological polar surface area (TPSA) is 104 Å². The molecule has 4 amide bonds. The van der Waals surface area contributed by atoms with Gasteiger partial charge in [0.15, 0.2) is 6.10 Å². The number of piperazine rings is 1. The number of benzene rings is 1. The van der Waals surface area contributed by atoms with Gasteiger partial charge in [0.05, 0.1) is 16.8 Å². The van der Waals surface area contributed by atoms with E-state index in [9.17, 15) is 14.4 Å². The van der Waals surface area contributed by atoms with E-state index in [4.69, 9.17) is 16.3 Å². The van der Waals surface area contributed by atoms with Crippen molar-refractivity contribution in [3.05, 3.63) is 45.9 Å². The predicted octanol–water partition coefficient (Wildman–Crippen LogP) is 2.40. The van der Waals surface area contributed by atoms with Crippen LogP contribution in [0.4, 0.5) is 4.79 Å². The zero-order valence-electron chi connectivity index (χ0n) is 18.7. The third kappa shape index (κ3) is 4.11. The molecule has 0 saturated carbocycles. The summed E-state index contributed by atoms with van der Waals surface area (Å²) in [6.45, 7) is 3.28. The number of pyridine rings is 1. The van der Waals surface area contributed by atoms with E-state index < -0.39 is 6.10 Å². The van der Waals surface area contributed by atoms with Gasteiger partial charge in [0, 0.05) is 65.4 Å². The lowest BCUT2D eigenvalue weighted by Gasteiger charge is -2.29. The molecule has 2 aromatic heterocycles. The molecule has 3 aromatic rings. The Labute approximate surface area is 210 Å². The fourth-order valence-electron chi connectivity index (χ4n) is 4.83. The van der Waals surface area contributed by atoms with E-state index in [1.54, 1.807) is 6.20 Å². The molecule has 3 aliphatic rings. The minimum atomic E-state index is -0.567. The van der Waals surface area contributed by atoms with Crippen molar-refractivity contribution in [3.63, 3.8) is 0 Å². The lowest BCUT2D eigenvalue weighted by atomic mass is 10.0. The summed E-state index contributed by atoms with van der Waals surface area (Å²) in [5.41, 5.74) is 3.42. The van der Waals surface area contributed by atoms with Crippen molar-refractivity contribution in [2.24, 2.45) is 0 Å². The number of aromatic nitrogens is 1. The summed E-state index contributed by atoms with van der Waals surface area (Å²) in [6.07, 6.45) is 1.64. The van der Waals surface area contributed by atoms with Gasteiger partial charge in [-0.15, -0.1) is 11.3 Å². The van der Waals surface area contributed by atoms with Gasteiger partial charge in [0.1, 0.15) is 12.3 Å². The Morgan fingerprint density at radius 2 is 2.03 bits per heavy atom. The summed E-state index contributed by atoms with van der Waals surface area (Å²) >= 11 is 8.01. The summed E-state index contributed by atoms with van der Waals surface area (Å²) in [6, 6.07) is 7.19. The zero-order chi connectivity index (χ0) is 24.1. The van der Waals surface area contributed by atoms with Crippen molar-refractivity contribution in [3.8, 4) is 16.9 Å². The number of hydrogen-bond donors (Lipinski definition) is 2. The van der Waals surface area contributed by atoms with Gasteiger partial charge in [0.25, 0.3) is 5.91 Å². The van der Waals surface area contributed by atoms with E-state index in [0.29, 0.717) is 36.8 Å². The average molecular weight is 512 g/mol. The molecular formula is C24H22ClN5O4S. The molecule has 0 spiro atoms. The predicted molar refractivity (Wildman–Crippen MR) is 132 cm³/mol. The van der Waals surface area contributed by atoms with Crippen molar-refractivity contribution in [1.29, 1.82) is 0 Å². The number of fused-ring (bicyclic) bond motifs is 2. The first-order chi connectivity index (χ1) is 17.0. The Hall–Kier alpha value is -3.21. The molecule has 3 aliphatic heterocycles. The molecule has 0 aliphatic carbocycles. The minimum Gasteiger partial charge on any atom is -0.479 e. The van der Waals surface area contributed by atoms with E-state index in [2.05, 4.69) is 15.6 Å². The average Bonchev–Trinajstić information content (AvgIpc) is 3.54. The lowest BCUT2D eigenvalue weighted by molar-refractivity contribution is -0.138. The molecule has 11 heteroatoms. The first-order valence-electron chi connectivity index (χ1n) is 11.4. The molecule has 2 fully saturated rings. The monoisotopic (exact) mass is 511 g/mol. The highest BCUT2D eigenvalue weighted by atomic mass is 35.5. The van der Waals surface area contributed by atoms with Crippen LogP contribution in [0.25, 0.3) is 21.3 Å². The van der Waals surface area contributed by atoms with Crippen molar-refractivity contribution < 1.29 is 19.1 Å². The number of nitrogens with zero attached hydrogens (tertiary/aromatic N) is 3. The molecule has 2 N–H and O–H groups in total. The van der Waals surface area contributed by atoms with Gasteiger partial charge >= 0.3 is 6.03 Å². The maximum Gasteiger partial charge on any atom is 0.324 e. The van der Waals surface area contributed by atoms with Crippen molar-refractivity contribution >= 4 is 51.0 Å². The number of urea groups is 1. The highest BCUT2D eigenvalue weighted by molar-refractivity contribution is 7.19. The summed E-state index contributed by atoms with van der Waals surface area (Å²) < 4.78 is 7.20. The molecule has 9 nitrogen and oxygen atoms in total. The molecule has 1 unspecified atom stereocenters. The van der Waals surface area contributed by atoms with Crippen LogP contribution >= 0.6 is 22.9 Å². The number of halogens is 1. The second-order valence-corrected chi connectivity index (χ2v) is 10.4.